The maximum Gasteiger partial charge on any atom is 0.251 e. The molecule has 0 saturated carbocycles. The minimum absolute atomic E-state index is 0.0142. The van der Waals surface area contributed by atoms with Gasteiger partial charge in [0.2, 0.25) is 0 Å². The molecule has 0 aromatic heterocycles. The second-order valence-electron chi connectivity index (χ2n) is 7.10. The molecule has 2 rings (SSSR count). The van der Waals surface area contributed by atoms with Crippen molar-refractivity contribution in [2.24, 2.45) is 0 Å². The third-order valence-corrected chi connectivity index (χ3v) is 4.11. The Morgan fingerprint density at radius 1 is 1.30 bits per heavy atom. The molecule has 1 aliphatic rings. The van der Waals surface area contributed by atoms with E-state index in [-0.39, 0.29) is 16.9 Å². The van der Waals surface area contributed by atoms with Crippen molar-refractivity contribution in [3.05, 3.63) is 35.4 Å². The highest BCUT2D eigenvalue weighted by atomic mass is 16.1. The summed E-state index contributed by atoms with van der Waals surface area (Å²) in [6.45, 7) is 10.4. The minimum atomic E-state index is 0.0142. The van der Waals surface area contributed by atoms with Crippen LogP contribution in [0.3, 0.4) is 0 Å². The Hall–Kier alpha value is -1.35. The molecule has 1 aliphatic heterocycles. The Kier molecular flexibility index (Phi) is 4.19. The fraction of sp³-hybridized carbons (Fsp3) is 0.588. The van der Waals surface area contributed by atoms with E-state index in [1.165, 1.54) is 12.0 Å². The van der Waals surface area contributed by atoms with Gasteiger partial charge in [0.25, 0.3) is 5.91 Å². The molecule has 1 aromatic carbocycles. The van der Waals surface area contributed by atoms with Gasteiger partial charge in [0.1, 0.15) is 0 Å². The fourth-order valence-corrected chi connectivity index (χ4v) is 2.61. The van der Waals surface area contributed by atoms with E-state index in [1.54, 1.807) is 0 Å². The van der Waals surface area contributed by atoms with Gasteiger partial charge >= 0.3 is 0 Å². The summed E-state index contributed by atoms with van der Waals surface area (Å²) in [5.41, 5.74) is 2.16. The van der Waals surface area contributed by atoms with Gasteiger partial charge in [0.05, 0.1) is 0 Å². The van der Waals surface area contributed by atoms with Crippen LogP contribution in [-0.2, 0) is 5.41 Å². The number of carbonyl (C=O) groups is 1. The number of nitrogens with one attached hydrogen (secondary N) is 2. The van der Waals surface area contributed by atoms with Gasteiger partial charge in [0, 0.05) is 17.6 Å². The van der Waals surface area contributed by atoms with Crippen LogP contribution < -0.4 is 10.6 Å². The number of rotatable bonds is 3. The standard InChI is InChI=1S/C17H26N2O/c1-16(2,3)14-8-6-13(7-9-14)15(20)18-12-17(4)10-5-11-19-17/h6-9,19H,5,10-12H2,1-4H3,(H,18,20). The number of hydrogen-bond donors (Lipinski definition) is 2. The summed E-state index contributed by atoms with van der Waals surface area (Å²) in [6.07, 6.45) is 2.31. The quantitative estimate of drug-likeness (QED) is 0.890. The largest absolute Gasteiger partial charge is 0.350 e. The smallest absolute Gasteiger partial charge is 0.251 e. The van der Waals surface area contributed by atoms with Crippen molar-refractivity contribution in [1.82, 2.24) is 10.6 Å². The average molecular weight is 274 g/mol. The molecule has 3 nitrogen and oxygen atoms in total. The molecule has 1 atom stereocenters. The normalized spacial score (nSPS) is 22.8. The molecule has 3 heteroatoms. The van der Waals surface area contributed by atoms with E-state index in [0.29, 0.717) is 6.54 Å². The topological polar surface area (TPSA) is 41.1 Å². The Morgan fingerprint density at radius 3 is 2.45 bits per heavy atom. The average Bonchev–Trinajstić information content (AvgIpc) is 2.83. The molecule has 1 amide bonds. The number of carbonyl (C=O) groups excluding carboxylic acids is 1. The Labute approximate surface area is 122 Å². The first-order chi connectivity index (χ1) is 9.30. The number of amides is 1. The Balaban J connectivity index is 1.96. The van der Waals surface area contributed by atoms with Gasteiger partial charge in [-0.1, -0.05) is 32.9 Å². The number of benzene rings is 1. The highest BCUT2D eigenvalue weighted by Crippen LogP contribution is 2.22. The van der Waals surface area contributed by atoms with Crippen LogP contribution in [0.15, 0.2) is 24.3 Å². The first kappa shape index (κ1) is 15.0. The summed E-state index contributed by atoms with van der Waals surface area (Å²) < 4.78 is 0. The molecule has 0 aliphatic carbocycles. The zero-order valence-electron chi connectivity index (χ0n) is 13.0. The van der Waals surface area contributed by atoms with Crippen molar-refractivity contribution < 1.29 is 4.79 Å². The van der Waals surface area contributed by atoms with Crippen LogP contribution in [0.4, 0.5) is 0 Å². The predicted molar refractivity (Wildman–Crippen MR) is 83.1 cm³/mol. The molecule has 0 spiro atoms. The van der Waals surface area contributed by atoms with Crippen LogP contribution in [0.1, 0.15) is 56.5 Å². The summed E-state index contributed by atoms with van der Waals surface area (Å²) in [4.78, 5) is 12.2. The van der Waals surface area contributed by atoms with Crippen LogP contribution in [0.25, 0.3) is 0 Å². The van der Waals surface area contributed by atoms with E-state index < -0.39 is 0 Å². The first-order valence-electron chi connectivity index (χ1n) is 7.44. The van der Waals surface area contributed by atoms with Crippen molar-refractivity contribution in [1.29, 1.82) is 0 Å². The highest BCUT2D eigenvalue weighted by Gasteiger charge is 2.28. The maximum absolute atomic E-state index is 12.2. The van der Waals surface area contributed by atoms with E-state index in [1.807, 2.05) is 24.3 Å². The SMILES string of the molecule is CC1(CNC(=O)c2ccc(C(C)(C)C)cc2)CCCN1. The molecule has 2 N–H and O–H groups in total. The lowest BCUT2D eigenvalue weighted by Gasteiger charge is -2.24. The third kappa shape index (κ3) is 3.60. The van der Waals surface area contributed by atoms with Crippen molar-refractivity contribution >= 4 is 5.91 Å². The van der Waals surface area contributed by atoms with E-state index in [0.717, 1.165) is 18.5 Å². The monoisotopic (exact) mass is 274 g/mol. The molecule has 20 heavy (non-hydrogen) atoms. The molecule has 1 heterocycles. The lowest BCUT2D eigenvalue weighted by atomic mass is 9.86. The molecular weight excluding hydrogens is 248 g/mol. The molecule has 1 fully saturated rings. The first-order valence-corrected chi connectivity index (χ1v) is 7.44. The summed E-state index contributed by atoms with van der Waals surface area (Å²) in [7, 11) is 0. The van der Waals surface area contributed by atoms with Crippen LogP contribution >= 0.6 is 0 Å². The van der Waals surface area contributed by atoms with Gasteiger partial charge in [-0.05, 0) is 49.4 Å². The Morgan fingerprint density at radius 2 is 1.95 bits per heavy atom. The fourth-order valence-electron chi connectivity index (χ4n) is 2.61. The Bertz CT molecular complexity index is 465. The van der Waals surface area contributed by atoms with Gasteiger partial charge in [-0.15, -0.1) is 0 Å². The molecule has 0 radical (unpaired) electrons. The van der Waals surface area contributed by atoms with Crippen molar-refractivity contribution in [2.45, 2.75) is 51.5 Å². The molecule has 0 bridgehead atoms. The second-order valence-corrected chi connectivity index (χ2v) is 7.10. The lowest BCUT2D eigenvalue weighted by Crippen LogP contribution is -2.47. The van der Waals surface area contributed by atoms with E-state index >= 15 is 0 Å². The van der Waals surface area contributed by atoms with Gasteiger partial charge in [-0.2, -0.15) is 0 Å². The van der Waals surface area contributed by atoms with Crippen LogP contribution in [0.5, 0.6) is 0 Å². The summed E-state index contributed by atoms with van der Waals surface area (Å²) in [6, 6.07) is 7.93. The van der Waals surface area contributed by atoms with Crippen molar-refractivity contribution in [3.63, 3.8) is 0 Å². The van der Waals surface area contributed by atoms with E-state index in [2.05, 4.69) is 38.3 Å². The molecule has 1 aromatic rings. The second kappa shape index (κ2) is 5.57. The summed E-state index contributed by atoms with van der Waals surface area (Å²) >= 11 is 0. The number of hydrogen-bond acceptors (Lipinski definition) is 2. The lowest BCUT2D eigenvalue weighted by molar-refractivity contribution is 0.0942. The van der Waals surface area contributed by atoms with Gasteiger partial charge in [0.15, 0.2) is 0 Å². The van der Waals surface area contributed by atoms with E-state index in [9.17, 15) is 4.79 Å². The van der Waals surface area contributed by atoms with Crippen LogP contribution in [-0.4, -0.2) is 24.5 Å². The molecule has 110 valence electrons. The van der Waals surface area contributed by atoms with Crippen LogP contribution in [0, 0.1) is 0 Å². The predicted octanol–water partition coefficient (Wildman–Crippen LogP) is 2.86. The summed E-state index contributed by atoms with van der Waals surface area (Å²) in [5.74, 6) is 0.0142. The third-order valence-electron chi connectivity index (χ3n) is 4.11. The summed E-state index contributed by atoms with van der Waals surface area (Å²) in [5, 5.41) is 6.49. The molecular formula is C17H26N2O. The minimum Gasteiger partial charge on any atom is -0.350 e. The van der Waals surface area contributed by atoms with Crippen molar-refractivity contribution in [3.8, 4) is 0 Å². The highest BCUT2D eigenvalue weighted by molar-refractivity contribution is 5.94. The van der Waals surface area contributed by atoms with E-state index in [4.69, 9.17) is 0 Å². The van der Waals surface area contributed by atoms with Crippen LogP contribution in [0.2, 0.25) is 0 Å². The zero-order valence-corrected chi connectivity index (χ0v) is 13.0. The van der Waals surface area contributed by atoms with Gasteiger partial charge < -0.3 is 10.6 Å². The molecule has 1 saturated heterocycles. The van der Waals surface area contributed by atoms with Crippen molar-refractivity contribution in [2.75, 3.05) is 13.1 Å². The van der Waals surface area contributed by atoms with Gasteiger partial charge in [-0.25, -0.2) is 0 Å². The maximum atomic E-state index is 12.2. The molecule has 1 unspecified atom stereocenters. The van der Waals surface area contributed by atoms with Gasteiger partial charge in [-0.3, -0.25) is 4.79 Å². The zero-order chi connectivity index (χ0) is 14.8.